The Balaban J connectivity index is 1.88. The molecule has 0 aromatic heterocycles. The number of benzene rings is 2. The highest BCUT2D eigenvalue weighted by Crippen LogP contribution is 2.29. The number of fused-ring (bicyclic) bond motifs is 1. The van der Waals surface area contributed by atoms with Gasteiger partial charge >= 0.3 is 0 Å². The van der Waals surface area contributed by atoms with E-state index < -0.39 is 0 Å². The molecule has 0 spiro atoms. The molecule has 3 rings (SSSR count). The fraction of sp³-hybridized carbons (Fsp3) is 0.235. The number of anilines is 1. The normalized spacial score (nSPS) is 13.7. The summed E-state index contributed by atoms with van der Waals surface area (Å²) in [5, 5.41) is 9.56. The Morgan fingerprint density at radius 3 is 2.85 bits per heavy atom. The number of nitriles is 1. The molecule has 0 bridgehead atoms. The van der Waals surface area contributed by atoms with Gasteiger partial charge in [-0.1, -0.05) is 35.9 Å². The van der Waals surface area contributed by atoms with Crippen molar-refractivity contribution in [2.75, 3.05) is 11.4 Å². The van der Waals surface area contributed by atoms with E-state index in [9.17, 15) is 0 Å². The molecular formula is C17H15ClN2. The van der Waals surface area contributed by atoms with E-state index in [0.29, 0.717) is 10.6 Å². The summed E-state index contributed by atoms with van der Waals surface area (Å²) in [5.74, 6) is 0. The van der Waals surface area contributed by atoms with Crippen molar-refractivity contribution < 1.29 is 0 Å². The van der Waals surface area contributed by atoms with Gasteiger partial charge in [0.2, 0.25) is 0 Å². The first-order chi connectivity index (χ1) is 9.78. The van der Waals surface area contributed by atoms with Crippen LogP contribution in [0.3, 0.4) is 0 Å². The smallest absolute Gasteiger partial charge is 0.0992 e. The van der Waals surface area contributed by atoms with Crippen LogP contribution in [0.1, 0.15) is 23.1 Å². The molecule has 0 unspecified atom stereocenters. The van der Waals surface area contributed by atoms with Gasteiger partial charge in [-0.2, -0.15) is 5.26 Å². The third-order valence-electron chi connectivity index (χ3n) is 3.75. The van der Waals surface area contributed by atoms with Crippen LogP contribution >= 0.6 is 11.6 Å². The lowest BCUT2D eigenvalue weighted by atomic mass is 10.0. The molecule has 1 aliphatic rings. The molecule has 0 aliphatic carbocycles. The van der Waals surface area contributed by atoms with Crippen molar-refractivity contribution in [1.82, 2.24) is 0 Å². The average molecular weight is 283 g/mol. The van der Waals surface area contributed by atoms with Crippen molar-refractivity contribution in [3.05, 3.63) is 64.2 Å². The van der Waals surface area contributed by atoms with Crippen molar-refractivity contribution in [3.63, 3.8) is 0 Å². The van der Waals surface area contributed by atoms with E-state index in [-0.39, 0.29) is 0 Å². The highest BCUT2D eigenvalue weighted by atomic mass is 35.5. The topological polar surface area (TPSA) is 27.0 Å². The Bertz CT molecular complexity index is 673. The first-order valence-electron chi connectivity index (χ1n) is 6.79. The van der Waals surface area contributed by atoms with Gasteiger partial charge in [-0.05, 0) is 42.2 Å². The molecule has 20 heavy (non-hydrogen) atoms. The van der Waals surface area contributed by atoms with Crippen molar-refractivity contribution in [3.8, 4) is 6.07 Å². The minimum atomic E-state index is 0.609. The molecule has 0 saturated heterocycles. The van der Waals surface area contributed by atoms with Gasteiger partial charge in [0, 0.05) is 23.8 Å². The summed E-state index contributed by atoms with van der Waals surface area (Å²) in [6.07, 6.45) is 2.32. The van der Waals surface area contributed by atoms with Crippen LogP contribution in [0.5, 0.6) is 0 Å². The Morgan fingerprint density at radius 1 is 1.20 bits per heavy atom. The largest absolute Gasteiger partial charge is 0.367 e. The van der Waals surface area contributed by atoms with Gasteiger partial charge in [-0.3, -0.25) is 0 Å². The number of rotatable bonds is 2. The maximum atomic E-state index is 8.89. The van der Waals surface area contributed by atoms with Crippen molar-refractivity contribution in [1.29, 1.82) is 5.26 Å². The van der Waals surface area contributed by atoms with Crippen LogP contribution in [0, 0.1) is 11.3 Å². The summed E-state index contributed by atoms with van der Waals surface area (Å²) in [4.78, 5) is 2.37. The van der Waals surface area contributed by atoms with E-state index in [2.05, 4.69) is 35.2 Å². The van der Waals surface area contributed by atoms with Gasteiger partial charge in [0.05, 0.1) is 11.6 Å². The first kappa shape index (κ1) is 13.0. The second kappa shape index (κ2) is 5.56. The molecule has 100 valence electrons. The van der Waals surface area contributed by atoms with E-state index in [1.807, 2.05) is 12.1 Å². The second-order valence-corrected chi connectivity index (χ2v) is 5.48. The molecule has 1 heterocycles. The summed E-state index contributed by atoms with van der Waals surface area (Å²) >= 11 is 6.28. The van der Waals surface area contributed by atoms with E-state index in [1.165, 1.54) is 17.7 Å². The van der Waals surface area contributed by atoms with E-state index in [1.54, 1.807) is 6.07 Å². The van der Waals surface area contributed by atoms with Crippen molar-refractivity contribution >= 4 is 17.3 Å². The number of hydrogen-bond donors (Lipinski definition) is 0. The van der Waals surface area contributed by atoms with Crippen molar-refractivity contribution in [2.24, 2.45) is 0 Å². The average Bonchev–Trinajstić information content (AvgIpc) is 2.49. The quantitative estimate of drug-likeness (QED) is 0.827. The Labute approximate surface area is 124 Å². The highest BCUT2D eigenvalue weighted by molar-refractivity contribution is 6.31. The molecule has 0 atom stereocenters. The fourth-order valence-corrected chi connectivity index (χ4v) is 2.97. The monoisotopic (exact) mass is 282 g/mol. The summed E-state index contributed by atoms with van der Waals surface area (Å²) in [6.45, 7) is 1.84. The zero-order chi connectivity index (χ0) is 13.9. The summed E-state index contributed by atoms with van der Waals surface area (Å²) < 4.78 is 0. The first-order valence-corrected chi connectivity index (χ1v) is 7.17. The lowest BCUT2D eigenvalue weighted by molar-refractivity contribution is 0.691. The zero-order valence-corrected chi connectivity index (χ0v) is 11.9. The summed E-state index contributed by atoms with van der Waals surface area (Å²) in [5.41, 5.74) is 4.39. The molecule has 1 aliphatic heterocycles. The molecule has 0 fully saturated rings. The Morgan fingerprint density at radius 2 is 2.05 bits per heavy atom. The maximum absolute atomic E-state index is 8.89. The van der Waals surface area contributed by atoms with Crippen LogP contribution in [0.4, 0.5) is 5.69 Å². The molecule has 2 aromatic rings. The number of nitrogens with zero attached hydrogens (tertiary/aromatic N) is 2. The molecular weight excluding hydrogens is 268 g/mol. The molecule has 0 N–H and O–H groups in total. The van der Waals surface area contributed by atoms with Crippen LogP contribution in [-0.2, 0) is 13.0 Å². The van der Waals surface area contributed by atoms with Gasteiger partial charge in [0.25, 0.3) is 0 Å². The maximum Gasteiger partial charge on any atom is 0.0992 e. The molecule has 3 heteroatoms. The minimum absolute atomic E-state index is 0.609. The predicted molar refractivity (Wildman–Crippen MR) is 82.0 cm³/mol. The zero-order valence-electron chi connectivity index (χ0n) is 11.1. The van der Waals surface area contributed by atoms with Gasteiger partial charge in [-0.25, -0.2) is 0 Å². The van der Waals surface area contributed by atoms with Gasteiger partial charge in [0.15, 0.2) is 0 Å². The highest BCUT2D eigenvalue weighted by Gasteiger charge is 2.17. The van der Waals surface area contributed by atoms with E-state index in [0.717, 1.165) is 25.1 Å². The third kappa shape index (κ3) is 2.50. The van der Waals surface area contributed by atoms with Gasteiger partial charge in [0.1, 0.15) is 0 Å². The van der Waals surface area contributed by atoms with Crippen LogP contribution in [0.15, 0.2) is 42.5 Å². The van der Waals surface area contributed by atoms with Gasteiger partial charge in [-0.15, -0.1) is 0 Å². The van der Waals surface area contributed by atoms with E-state index in [4.69, 9.17) is 16.9 Å². The molecule has 0 radical (unpaired) electrons. The standard InChI is InChI=1S/C17H15ClN2/c18-16-10-13(11-19)7-8-15(16)12-20-9-3-5-14-4-1-2-6-17(14)20/h1-2,4,6-8,10H,3,5,9,12H2. The fourth-order valence-electron chi connectivity index (χ4n) is 2.73. The SMILES string of the molecule is N#Cc1ccc(CN2CCCc3ccccc32)c(Cl)c1. The number of para-hydroxylation sites is 1. The molecule has 2 aromatic carbocycles. The second-order valence-electron chi connectivity index (χ2n) is 5.07. The van der Waals surface area contributed by atoms with Gasteiger partial charge < -0.3 is 4.90 Å². The van der Waals surface area contributed by atoms with E-state index >= 15 is 0 Å². The summed E-state index contributed by atoms with van der Waals surface area (Å²) in [6, 6.07) is 16.2. The number of aryl methyl sites for hydroxylation is 1. The molecule has 0 amide bonds. The number of hydrogen-bond acceptors (Lipinski definition) is 2. The number of halogens is 1. The Hall–Kier alpha value is -1.98. The van der Waals surface area contributed by atoms with Crippen LogP contribution in [-0.4, -0.2) is 6.54 Å². The lowest BCUT2D eigenvalue weighted by Gasteiger charge is -2.31. The molecule has 2 nitrogen and oxygen atoms in total. The predicted octanol–water partition coefficient (Wildman–Crippen LogP) is 4.16. The van der Waals surface area contributed by atoms with Crippen LogP contribution in [0.2, 0.25) is 5.02 Å². The third-order valence-corrected chi connectivity index (χ3v) is 4.10. The van der Waals surface area contributed by atoms with Crippen LogP contribution < -0.4 is 4.90 Å². The van der Waals surface area contributed by atoms with Crippen molar-refractivity contribution in [2.45, 2.75) is 19.4 Å². The minimum Gasteiger partial charge on any atom is -0.367 e. The molecule has 0 saturated carbocycles. The lowest BCUT2D eigenvalue weighted by Crippen LogP contribution is -2.28. The Kier molecular flexibility index (Phi) is 3.62. The van der Waals surface area contributed by atoms with Crippen LogP contribution in [0.25, 0.3) is 0 Å². The summed E-state index contributed by atoms with van der Waals surface area (Å²) in [7, 11) is 0.